The number of nitrogens with one attached hydrogen (secondary N) is 1. The van der Waals surface area contributed by atoms with Gasteiger partial charge in [-0.05, 0) is 84.1 Å². The van der Waals surface area contributed by atoms with E-state index in [1.54, 1.807) is 6.08 Å². The van der Waals surface area contributed by atoms with Crippen molar-refractivity contribution >= 4 is 51.6 Å². The summed E-state index contributed by atoms with van der Waals surface area (Å²) in [5.41, 5.74) is 4.16. The minimum absolute atomic E-state index is 0.317. The Hall–Kier alpha value is -1.54. The summed E-state index contributed by atoms with van der Waals surface area (Å²) in [4.78, 5) is 23.4. The van der Waals surface area contributed by atoms with Gasteiger partial charge in [-0.15, -0.1) is 0 Å². The van der Waals surface area contributed by atoms with Crippen LogP contribution in [-0.2, 0) is 4.79 Å². The fourth-order valence-corrected chi connectivity index (χ4v) is 3.71. The van der Waals surface area contributed by atoms with Crippen molar-refractivity contribution in [2.75, 3.05) is 0 Å². The fraction of sp³-hybridized carbons (Fsp3) is 0.125. The molecule has 1 aliphatic heterocycles. The molecule has 0 atom stereocenters. The highest BCUT2D eigenvalue weighted by molar-refractivity contribution is 14.1. The first-order valence-corrected chi connectivity index (χ1v) is 8.55. The highest BCUT2D eigenvalue weighted by Gasteiger charge is 2.25. The van der Waals surface area contributed by atoms with Crippen LogP contribution in [0.2, 0.25) is 0 Å². The van der Waals surface area contributed by atoms with Crippen molar-refractivity contribution in [1.29, 1.82) is 0 Å². The average molecular weight is 424 g/mol. The number of imide groups is 1. The molecule has 22 heavy (non-hydrogen) atoms. The molecule has 112 valence electrons. The monoisotopic (exact) mass is 424 g/mol. The molecule has 1 saturated heterocycles. The van der Waals surface area contributed by atoms with E-state index in [2.05, 4.69) is 44.6 Å². The molecule has 0 spiro atoms. The van der Waals surface area contributed by atoms with Gasteiger partial charge in [0.15, 0.2) is 0 Å². The van der Waals surface area contributed by atoms with Crippen LogP contribution in [0.1, 0.15) is 17.0 Å². The smallest absolute Gasteiger partial charge is 0.290 e. The molecule has 1 aromatic heterocycles. The zero-order valence-corrected chi connectivity index (χ0v) is 15.0. The summed E-state index contributed by atoms with van der Waals surface area (Å²) in [5.74, 6) is -0.325. The lowest BCUT2D eigenvalue weighted by Gasteiger charge is -2.10. The SMILES string of the molecule is Cc1cc(/C=C2\SC(=O)NC2=O)c(C)n1-c1cccc(I)c1. The molecule has 4 nitrogen and oxygen atoms in total. The van der Waals surface area contributed by atoms with Crippen LogP contribution < -0.4 is 5.32 Å². The molecular formula is C16H13IN2O2S. The molecule has 2 heterocycles. The van der Waals surface area contributed by atoms with Gasteiger partial charge in [-0.1, -0.05) is 6.07 Å². The predicted molar refractivity (Wildman–Crippen MR) is 97.1 cm³/mol. The van der Waals surface area contributed by atoms with Crippen LogP contribution in [0.25, 0.3) is 11.8 Å². The molecular weight excluding hydrogens is 411 g/mol. The number of hydrogen-bond donors (Lipinski definition) is 1. The van der Waals surface area contributed by atoms with E-state index in [9.17, 15) is 9.59 Å². The van der Waals surface area contributed by atoms with Crippen molar-refractivity contribution < 1.29 is 9.59 Å². The molecule has 0 saturated carbocycles. The molecule has 0 unspecified atom stereocenters. The average Bonchev–Trinajstić information content (AvgIpc) is 2.90. The van der Waals surface area contributed by atoms with Crippen LogP contribution in [0.4, 0.5) is 4.79 Å². The Morgan fingerprint density at radius 3 is 2.64 bits per heavy atom. The van der Waals surface area contributed by atoms with Crippen LogP contribution in [0.3, 0.4) is 0 Å². The highest BCUT2D eigenvalue weighted by atomic mass is 127. The zero-order valence-electron chi connectivity index (χ0n) is 12.0. The maximum Gasteiger partial charge on any atom is 0.290 e. The number of carbonyl (C=O) groups is 2. The second-order valence-corrected chi connectivity index (χ2v) is 7.25. The van der Waals surface area contributed by atoms with E-state index in [-0.39, 0.29) is 11.1 Å². The van der Waals surface area contributed by atoms with Gasteiger partial charge < -0.3 is 4.57 Å². The van der Waals surface area contributed by atoms with Crippen LogP contribution in [0.15, 0.2) is 35.2 Å². The van der Waals surface area contributed by atoms with Gasteiger partial charge in [-0.3, -0.25) is 14.9 Å². The number of nitrogens with zero attached hydrogens (tertiary/aromatic N) is 1. The first-order chi connectivity index (χ1) is 10.5. The molecule has 1 fully saturated rings. The molecule has 0 aliphatic carbocycles. The van der Waals surface area contributed by atoms with Gasteiger partial charge >= 0.3 is 0 Å². The molecule has 1 aromatic carbocycles. The molecule has 6 heteroatoms. The molecule has 3 rings (SSSR count). The third kappa shape index (κ3) is 2.85. The fourth-order valence-electron chi connectivity index (χ4n) is 2.51. The van der Waals surface area contributed by atoms with Crippen LogP contribution in [-0.4, -0.2) is 15.7 Å². The number of aryl methyl sites for hydroxylation is 1. The summed E-state index contributed by atoms with van der Waals surface area (Å²) >= 11 is 3.23. The number of thioether (sulfide) groups is 1. The van der Waals surface area contributed by atoms with E-state index in [0.717, 1.165) is 34.4 Å². The normalized spacial score (nSPS) is 16.4. The molecule has 2 amide bonds. The first kappa shape index (κ1) is 15.4. The first-order valence-electron chi connectivity index (χ1n) is 6.65. The second-order valence-electron chi connectivity index (χ2n) is 4.99. The van der Waals surface area contributed by atoms with E-state index in [4.69, 9.17) is 0 Å². The molecule has 0 bridgehead atoms. The second kappa shape index (κ2) is 5.92. The number of carbonyl (C=O) groups excluding carboxylic acids is 2. The van der Waals surface area contributed by atoms with Gasteiger partial charge in [-0.2, -0.15) is 0 Å². The lowest BCUT2D eigenvalue weighted by Crippen LogP contribution is -2.17. The summed E-state index contributed by atoms with van der Waals surface area (Å²) in [6.45, 7) is 4.04. The van der Waals surface area contributed by atoms with E-state index in [1.165, 1.54) is 3.57 Å². The third-order valence-electron chi connectivity index (χ3n) is 3.47. The lowest BCUT2D eigenvalue weighted by molar-refractivity contribution is -0.115. The Bertz CT molecular complexity index is 824. The summed E-state index contributed by atoms with van der Waals surface area (Å²) < 4.78 is 3.31. The lowest BCUT2D eigenvalue weighted by atomic mass is 10.2. The Morgan fingerprint density at radius 1 is 1.23 bits per heavy atom. The van der Waals surface area contributed by atoms with Crippen molar-refractivity contribution in [2.24, 2.45) is 0 Å². The summed E-state index contributed by atoms with van der Waals surface area (Å²) in [6, 6.07) is 10.3. The van der Waals surface area contributed by atoms with Crippen molar-refractivity contribution in [3.63, 3.8) is 0 Å². The van der Waals surface area contributed by atoms with Crippen LogP contribution >= 0.6 is 34.4 Å². The van der Waals surface area contributed by atoms with Crippen molar-refractivity contribution in [2.45, 2.75) is 13.8 Å². The Morgan fingerprint density at radius 2 is 2.00 bits per heavy atom. The van der Waals surface area contributed by atoms with Gasteiger partial charge in [-0.25, -0.2) is 0 Å². The van der Waals surface area contributed by atoms with Crippen LogP contribution in [0.5, 0.6) is 0 Å². The third-order valence-corrected chi connectivity index (χ3v) is 4.95. The topological polar surface area (TPSA) is 51.1 Å². The number of rotatable bonds is 2. The maximum absolute atomic E-state index is 11.7. The van der Waals surface area contributed by atoms with Gasteiger partial charge in [0.25, 0.3) is 11.1 Å². The minimum atomic E-state index is -0.325. The molecule has 2 aromatic rings. The van der Waals surface area contributed by atoms with Gasteiger partial charge in [0.2, 0.25) is 0 Å². The predicted octanol–water partition coefficient (Wildman–Crippen LogP) is 4.02. The van der Waals surface area contributed by atoms with E-state index in [0.29, 0.717) is 4.91 Å². The van der Waals surface area contributed by atoms with Crippen molar-refractivity contribution in [3.8, 4) is 5.69 Å². The number of halogens is 1. The Kier molecular flexibility index (Phi) is 4.14. The molecule has 0 radical (unpaired) electrons. The largest absolute Gasteiger partial charge is 0.318 e. The summed E-state index contributed by atoms with van der Waals surface area (Å²) in [7, 11) is 0. The quantitative estimate of drug-likeness (QED) is 0.586. The van der Waals surface area contributed by atoms with E-state index >= 15 is 0 Å². The summed E-state index contributed by atoms with van der Waals surface area (Å²) in [5, 5.41) is 1.96. The zero-order chi connectivity index (χ0) is 15.9. The summed E-state index contributed by atoms with van der Waals surface area (Å²) in [6.07, 6.45) is 1.78. The van der Waals surface area contributed by atoms with Crippen molar-refractivity contribution in [3.05, 3.63) is 55.8 Å². The maximum atomic E-state index is 11.7. The van der Waals surface area contributed by atoms with Gasteiger partial charge in [0, 0.05) is 20.6 Å². The number of amides is 2. The van der Waals surface area contributed by atoms with E-state index in [1.807, 2.05) is 32.0 Å². The Balaban J connectivity index is 2.06. The number of benzene rings is 1. The number of aromatic nitrogens is 1. The number of hydrogen-bond acceptors (Lipinski definition) is 3. The standard InChI is InChI=1S/C16H13IN2O2S/c1-9-6-11(7-14-15(20)18-16(21)22-14)10(2)19(9)13-5-3-4-12(17)8-13/h3-8H,1-2H3,(H,18,20,21)/b14-7-. The molecule has 1 N–H and O–H groups in total. The van der Waals surface area contributed by atoms with Crippen LogP contribution in [0, 0.1) is 17.4 Å². The minimum Gasteiger partial charge on any atom is -0.318 e. The van der Waals surface area contributed by atoms with Crippen molar-refractivity contribution in [1.82, 2.24) is 9.88 Å². The van der Waals surface area contributed by atoms with Gasteiger partial charge in [0.1, 0.15) is 0 Å². The highest BCUT2D eigenvalue weighted by Crippen LogP contribution is 2.29. The van der Waals surface area contributed by atoms with Gasteiger partial charge in [0.05, 0.1) is 4.91 Å². The van der Waals surface area contributed by atoms with E-state index < -0.39 is 0 Å². The molecule has 1 aliphatic rings. The Labute approximate surface area is 146 Å².